The largest absolute Gasteiger partial charge is 0.308 e. The van der Waals surface area contributed by atoms with E-state index < -0.39 is 0 Å². The molecule has 0 saturated carbocycles. The Morgan fingerprint density at radius 1 is 1.47 bits per heavy atom. The zero-order valence-electron chi connectivity index (χ0n) is 10.7. The summed E-state index contributed by atoms with van der Waals surface area (Å²) in [6.45, 7) is 7.01. The van der Waals surface area contributed by atoms with E-state index in [1.54, 1.807) is 11.3 Å². The molecule has 0 aromatic carbocycles. The number of piperidine rings is 1. The molecule has 0 aliphatic carbocycles. The van der Waals surface area contributed by atoms with Crippen molar-refractivity contribution in [1.29, 1.82) is 0 Å². The number of aromatic nitrogens is 1. The summed E-state index contributed by atoms with van der Waals surface area (Å²) in [5, 5.41) is 6.87. The van der Waals surface area contributed by atoms with E-state index in [2.05, 4.69) is 22.1 Å². The molecule has 1 fully saturated rings. The number of unbranched alkanes of at least 4 members (excludes halogenated alkanes) is 1. The quantitative estimate of drug-likeness (QED) is 0.844. The molecule has 1 aromatic rings. The van der Waals surface area contributed by atoms with E-state index in [-0.39, 0.29) is 0 Å². The third kappa shape index (κ3) is 4.37. The second-order valence-corrected chi connectivity index (χ2v) is 5.76. The van der Waals surface area contributed by atoms with Gasteiger partial charge in [-0.15, -0.1) is 11.3 Å². The maximum atomic E-state index is 4.30. The lowest BCUT2D eigenvalue weighted by Crippen LogP contribution is -2.42. The number of hydrogen-bond acceptors (Lipinski definition) is 4. The third-order valence-corrected chi connectivity index (χ3v) is 4.22. The molecule has 0 atom stereocenters. The number of likely N-dealkylation sites (tertiary alicyclic amines) is 1. The van der Waals surface area contributed by atoms with Crippen molar-refractivity contribution in [3.05, 3.63) is 16.6 Å². The summed E-state index contributed by atoms with van der Waals surface area (Å²) < 4.78 is 0. The average Bonchev–Trinajstić information content (AvgIpc) is 2.88. The summed E-state index contributed by atoms with van der Waals surface area (Å²) in [4.78, 5) is 6.90. The van der Waals surface area contributed by atoms with E-state index in [1.807, 2.05) is 11.6 Å². The fourth-order valence-electron chi connectivity index (χ4n) is 2.31. The van der Waals surface area contributed by atoms with Crippen LogP contribution in [0.3, 0.4) is 0 Å². The fraction of sp³-hybridized carbons (Fsp3) is 0.769. The number of nitrogens with one attached hydrogen (secondary N) is 1. The van der Waals surface area contributed by atoms with Crippen molar-refractivity contribution in [2.24, 2.45) is 0 Å². The summed E-state index contributed by atoms with van der Waals surface area (Å²) in [7, 11) is 0. The molecule has 2 rings (SSSR count). The second kappa shape index (κ2) is 7.09. The van der Waals surface area contributed by atoms with E-state index in [1.165, 1.54) is 50.3 Å². The van der Waals surface area contributed by atoms with E-state index in [4.69, 9.17) is 0 Å². The van der Waals surface area contributed by atoms with Crippen LogP contribution in [0, 0.1) is 0 Å². The molecule has 0 spiro atoms. The fourth-order valence-corrected chi connectivity index (χ4v) is 2.88. The molecule has 4 heteroatoms. The molecule has 0 radical (unpaired) electrons. The first-order valence-electron chi connectivity index (χ1n) is 6.72. The Kier molecular flexibility index (Phi) is 5.42. The van der Waals surface area contributed by atoms with E-state index >= 15 is 0 Å². The highest BCUT2D eigenvalue weighted by molar-refractivity contribution is 7.09. The Morgan fingerprint density at radius 3 is 2.94 bits per heavy atom. The maximum absolute atomic E-state index is 4.30. The molecule has 1 saturated heterocycles. The normalized spacial score (nSPS) is 18.6. The minimum Gasteiger partial charge on any atom is -0.308 e. The molecular weight excluding hydrogens is 230 g/mol. The molecule has 96 valence electrons. The Balaban J connectivity index is 1.62. The van der Waals surface area contributed by atoms with Crippen molar-refractivity contribution < 1.29 is 0 Å². The minimum atomic E-state index is 0.691. The van der Waals surface area contributed by atoms with Crippen LogP contribution in [0.25, 0.3) is 0 Å². The topological polar surface area (TPSA) is 28.2 Å². The van der Waals surface area contributed by atoms with Crippen LogP contribution in [0.1, 0.15) is 37.6 Å². The van der Waals surface area contributed by atoms with Gasteiger partial charge in [0.15, 0.2) is 0 Å². The molecule has 1 aromatic heterocycles. The summed E-state index contributed by atoms with van der Waals surface area (Å²) in [6.07, 6.45) is 7.11. The maximum Gasteiger partial charge on any atom is 0.106 e. The summed E-state index contributed by atoms with van der Waals surface area (Å²) >= 11 is 1.74. The lowest BCUT2D eigenvalue weighted by molar-refractivity contribution is 0.195. The van der Waals surface area contributed by atoms with Crippen LogP contribution in [0.15, 0.2) is 11.6 Å². The molecule has 1 aliphatic heterocycles. The highest BCUT2D eigenvalue weighted by Crippen LogP contribution is 2.12. The van der Waals surface area contributed by atoms with E-state index in [9.17, 15) is 0 Å². The van der Waals surface area contributed by atoms with Gasteiger partial charge in [-0.2, -0.15) is 0 Å². The van der Waals surface area contributed by atoms with E-state index in [0.717, 1.165) is 6.54 Å². The van der Waals surface area contributed by atoms with Crippen LogP contribution in [0.5, 0.6) is 0 Å². The van der Waals surface area contributed by atoms with Gasteiger partial charge in [0.25, 0.3) is 0 Å². The van der Waals surface area contributed by atoms with Gasteiger partial charge >= 0.3 is 0 Å². The third-order valence-electron chi connectivity index (χ3n) is 3.44. The minimum absolute atomic E-state index is 0.691. The summed E-state index contributed by atoms with van der Waals surface area (Å²) in [6, 6.07) is 0.691. The van der Waals surface area contributed by atoms with Gasteiger partial charge in [0.2, 0.25) is 0 Å². The van der Waals surface area contributed by atoms with Gasteiger partial charge in [0.1, 0.15) is 5.01 Å². The Morgan fingerprint density at radius 2 is 2.29 bits per heavy atom. The first-order valence-corrected chi connectivity index (χ1v) is 7.60. The Hall–Kier alpha value is -0.450. The molecule has 0 bridgehead atoms. The Bertz CT molecular complexity index is 292. The van der Waals surface area contributed by atoms with Crippen LogP contribution in [-0.2, 0) is 6.54 Å². The molecule has 2 heterocycles. The van der Waals surface area contributed by atoms with Gasteiger partial charge < -0.3 is 10.2 Å². The van der Waals surface area contributed by atoms with Gasteiger partial charge in [0.05, 0.1) is 0 Å². The van der Waals surface area contributed by atoms with Gasteiger partial charge in [-0.3, -0.25) is 0 Å². The standard InChI is InChI=1S/C13H23N3S/c1-2-3-7-16-8-4-12(5-9-16)15-11-13-14-6-10-17-13/h6,10,12,15H,2-5,7-9,11H2,1H3. The van der Waals surface area contributed by atoms with Crippen molar-refractivity contribution in [3.8, 4) is 0 Å². The number of nitrogens with zero attached hydrogens (tertiary/aromatic N) is 2. The van der Waals surface area contributed by atoms with Gasteiger partial charge in [-0.05, 0) is 38.9 Å². The van der Waals surface area contributed by atoms with Crippen molar-refractivity contribution in [1.82, 2.24) is 15.2 Å². The molecule has 0 unspecified atom stereocenters. The molecule has 17 heavy (non-hydrogen) atoms. The molecular formula is C13H23N3S. The van der Waals surface area contributed by atoms with Crippen LogP contribution in [0.2, 0.25) is 0 Å². The lowest BCUT2D eigenvalue weighted by atomic mass is 10.0. The molecule has 3 nitrogen and oxygen atoms in total. The lowest BCUT2D eigenvalue weighted by Gasteiger charge is -2.32. The van der Waals surface area contributed by atoms with Crippen LogP contribution < -0.4 is 5.32 Å². The molecule has 1 aliphatic rings. The Labute approximate surface area is 108 Å². The highest BCUT2D eigenvalue weighted by atomic mass is 32.1. The SMILES string of the molecule is CCCCN1CCC(NCc2nccs2)CC1. The molecule has 1 N–H and O–H groups in total. The smallest absolute Gasteiger partial charge is 0.106 e. The number of rotatable bonds is 6. The van der Waals surface area contributed by atoms with Crippen molar-refractivity contribution >= 4 is 11.3 Å². The predicted molar refractivity (Wildman–Crippen MR) is 73.3 cm³/mol. The first kappa shape index (κ1) is 13.0. The van der Waals surface area contributed by atoms with Crippen molar-refractivity contribution in [3.63, 3.8) is 0 Å². The monoisotopic (exact) mass is 253 g/mol. The van der Waals surface area contributed by atoms with Crippen LogP contribution in [-0.4, -0.2) is 35.6 Å². The van der Waals surface area contributed by atoms with Crippen molar-refractivity contribution in [2.45, 2.75) is 45.2 Å². The zero-order valence-corrected chi connectivity index (χ0v) is 11.5. The predicted octanol–water partition coefficient (Wildman–Crippen LogP) is 2.50. The van der Waals surface area contributed by atoms with Crippen LogP contribution in [0.4, 0.5) is 0 Å². The van der Waals surface area contributed by atoms with E-state index in [0.29, 0.717) is 6.04 Å². The zero-order chi connectivity index (χ0) is 11.9. The highest BCUT2D eigenvalue weighted by Gasteiger charge is 2.18. The van der Waals surface area contributed by atoms with Gasteiger partial charge in [-0.25, -0.2) is 4.98 Å². The second-order valence-electron chi connectivity index (χ2n) is 4.78. The van der Waals surface area contributed by atoms with Gasteiger partial charge in [-0.1, -0.05) is 13.3 Å². The summed E-state index contributed by atoms with van der Waals surface area (Å²) in [5.41, 5.74) is 0. The molecule has 0 amide bonds. The van der Waals surface area contributed by atoms with Crippen molar-refractivity contribution in [2.75, 3.05) is 19.6 Å². The average molecular weight is 253 g/mol. The first-order chi connectivity index (χ1) is 8.38. The van der Waals surface area contributed by atoms with Crippen LogP contribution >= 0.6 is 11.3 Å². The number of thiazole rings is 1. The number of hydrogen-bond donors (Lipinski definition) is 1. The van der Waals surface area contributed by atoms with Gasteiger partial charge in [0, 0.05) is 24.2 Å². The summed E-state index contributed by atoms with van der Waals surface area (Å²) in [5.74, 6) is 0.